The van der Waals surface area contributed by atoms with Crippen molar-refractivity contribution in [3.63, 3.8) is 0 Å². The van der Waals surface area contributed by atoms with Gasteiger partial charge in [0.25, 0.3) is 0 Å². The minimum absolute atomic E-state index is 0.0183. The molecule has 0 unspecified atom stereocenters. The lowest BCUT2D eigenvalue weighted by atomic mass is 9.41. The van der Waals surface area contributed by atoms with Crippen LogP contribution in [0.5, 0.6) is 0 Å². The van der Waals surface area contributed by atoms with E-state index in [2.05, 4.69) is 40.7 Å². The summed E-state index contributed by atoms with van der Waals surface area (Å²) in [7, 11) is 1.77. The van der Waals surface area contributed by atoms with Crippen molar-refractivity contribution in [2.75, 3.05) is 40.1 Å². The lowest BCUT2D eigenvalue weighted by Gasteiger charge is -2.63. The maximum absolute atomic E-state index is 11.8. The standard InChI is InChI=1S/C55H90O24/c1-23(20-71-46-41(68)37(64)33(60)26(16-56)72-46)8-9-25-24(2)45-51(5)14-15-54-22-53(54)13-12-32(50(3,4)30(53)10-11-31(54)52(51,6)21-55(45,70-7)79-25)76-48-43(39(66)35(62)28(18-58)74-48)78-49-44(40(67)36(63)29(19-59)75-49)77-47-42(69)38(65)34(61)27(17-57)73-47/h8,24-49,56-69H,9-22H2,1-7H3/b23-8-/t24-,25-,26-,27-,28-,29-,30+,31+,32+,33-,34-,35+,36-,37+,38+,39+,40+,41-,42-,43-,44-,45-,46-,47+,48+,49+,51-,52+,53-,54+,55+/m1/s1. The molecule has 0 amide bonds. The Labute approximate surface area is 460 Å². The summed E-state index contributed by atoms with van der Waals surface area (Å²) in [5.41, 5.74) is 0.237. The minimum Gasteiger partial charge on any atom is -0.394 e. The summed E-state index contributed by atoms with van der Waals surface area (Å²) in [4.78, 5) is 0. The smallest absolute Gasteiger partial charge is 0.187 e. The van der Waals surface area contributed by atoms with Crippen LogP contribution in [-0.2, 0) is 47.4 Å². The van der Waals surface area contributed by atoms with Crippen LogP contribution >= 0.6 is 0 Å². The van der Waals surface area contributed by atoms with Crippen LogP contribution in [0.4, 0.5) is 0 Å². The van der Waals surface area contributed by atoms with E-state index in [1.807, 2.05) is 6.92 Å². The molecule has 5 aliphatic carbocycles. The Hall–Kier alpha value is -1.22. The molecule has 454 valence electrons. The molecule has 31 atom stereocenters. The maximum atomic E-state index is 11.8. The summed E-state index contributed by atoms with van der Waals surface area (Å²) >= 11 is 0. The van der Waals surface area contributed by atoms with Crippen molar-refractivity contribution in [3.05, 3.63) is 11.6 Å². The minimum atomic E-state index is -1.92. The molecule has 24 nitrogen and oxygen atoms in total. The fraction of sp³-hybridized carbons (Fsp3) is 0.964. The molecule has 5 saturated heterocycles. The molecular formula is C55H90O24. The number of fused-ring (bicyclic) bond motifs is 4. The van der Waals surface area contributed by atoms with E-state index in [0.717, 1.165) is 50.5 Å². The lowest BCUT2D eigenvalue weighted by molar-refractivity contribution is -0.398. The number of methoxy groups -OCH3 is 1. The van der Waals surface area contributed by atoms with Crippen LogP contribution in [0.15, 0.2) is 11.6 Å². The van der Waals surface area contributed by atoms with E-state index >= 15 is 0 Å². The highest BCUT2D eigenvalue weighted by Crippen LogP contribution is 2.90. The second-order valence-corrected chi connectivity index (χ2v) is 26.3. The van der Waals surface area contributed by atoms with E-state index in [0.29, 0.717) is 18.8 Å². The molecule has 5 heterocycles. The summed E-state index contributed by atoms with van der Waals surface area (Å²) in [5.74, 6) is 0.0651. The van der Waals surface area contributed by atoms with Gasteiger partial charge in [-0.15, -0.1) is 0 Å². The van der Waals surface area contributed by atoms with Crippen LogP contribution in [0.25, 0.3) is 0 Å². The van der Waals surface area contributed by atoms with Crippen molar-refractivity contribution >= 4 is 0 Å². The van der Waals surface area contributed by atoms with Gasteiger partial charge in [-0.05, 0) is 103 Å². The largest absolute Gasteiger partial charge is 0.394 e. The van der Waals surface area contributed by atoms with Gasteiger partial charge in [-0.1, -0.05) is 46.3 Å². The Morgan fingerprint density at radius 2 is 1.00 bits per heavy atom. The zero-order valence-electron chi connectivity index (χ0n) is 46.3. The molecule has 10 aliphatic rings. The lowest BCUT2D eigenvalue weighted by Crippen LogP contribution is -2.67. The highest BCUT2D eigenvalue weighted by atomic mass is 16.8. The molecule has 10 fully saturated rings. The van der Waals surface area contributed by atoms with Crippen LogP contribution in [-0.4, -0.2) is 252 Å². The maximum Gasteiger partial charge on any atom is 0.187 e. The summed E-state index contributed by atoms with van der Waals surface area (Å²) in [5, 5.41) is 148. The fourth-order valence-corrected chi connectivity index (χ4v) is 18.0. The first-order valence-corrected chi connectivity index (χ1v) is 28.6. The Kier molecular flexibility index (Phi) is 17.1. The SMILES string of the molecule is CO[C@]12C[C@@]3(C)[C@@H]4CC[C@H]5C(C)(C)[C@@H](O[C@@H]6O[C@H](CO)[C@H](O)[C@H](O)[C@H]6O[C@@H]6O[C@H](CO)[C@@H](O)[C@H](O)[C@H]6O[C@@H]6O[C@H](CO)[C@@H](O)[C@H](O)[C@H]6O)CC[C@@]56C[C@@]46CC[C@]3(C)[C@H]1[C@H](C)[C@@H](C/C=C(/C)CO[C@@H]1O[C@H](CO)[C@@H](O)[C@H](O)[C@H]1O)O2. The second kappa shape index (κ2) is 22.2. The predicted molar refractivity (Wildman–Crippen MR) is 268 cm³/mol. The van der Waals surface area contributed by atoms with Gasteiger partial charge in [-0.2, -0.15) is 0 Å². The number of aliphatic hydroxyl groups is 14. The molecule has 5 aliphatic heterocycles. The summed E-state index contributed by atoms with van der Waals surface area (Å²) in [6.45, 7) is 10.8. The molecule has 2 spiro atoms. The third kappa shape index (κ3) is 9.48. The molecule has 0 aromatic rings. The number of hydrogen-bond acceptors (Lipinski definition) is 24. The highest BCUT2D eigenvalue weighted by molar-refractivity contribution is 5.32. The number of hydrogen-bond donors (Lipinski definition) is 14. The number of ether oxygens (including phenoxy) is 10. The molecule has 79 heavy (non-hydrogen) atoms. The van der Waals surface area contributed by atoms with Gasteiger partial charge in [0, 0.05) is 19.4 Å². The van der Waals surface area contributed by atoms with Crippen LogP contribution < -0.4 is 0 Å². The van der Waals surface area contributed by atoms with E-state index in [-0.39, 0.29) is 52.1 Å². The molecule has 0 aromatic heterocycles. The molecule has 10 rings (SSSR count). The average Bonchev–Trinajstić information content (AvgIpc) is 2.05. The van der Waals surface area contributed by atoms with Crippen LogP contribution in [0, 0.1) is 50.7 Å². The van der Waals surface area contributed by atoms with E-state index < -0.39 is 167 Å². The molecule has 14 N–H and O–H groups in total. The van der Waals surface area contributed by atoms with Crippen molar-refractivity contribution < 1.29 is 119 Å². The van der Waals surface area contributed by atoms with E-state index in [1.165, 1.54) is 0 Å². The number of aliphatic hydroxyl groups excluding tert-OH is 14. The van der Waals surface area contributed by atoms with Crippen LogP contribution in [0.1, 0.15) is 99.3 Å². The Balaban J connectivity index is 0.832. The van der Waals surface area contributed by atoms with Crippen molar-refractivity contribution in [1.29, 1.82) is 0 Å². The van der Waals surface area contributed by atoms with E-state index in [9.17, 15) is 71.5 Å². The Morgan fingerprint density at radius 3 is 1.56 bits per heavy atom. The van der Waals surface area contributed by atoms with Crippen LogP contribution in [0.2, 0.25) is 0 Å². The van der Waals surface area contributed by atoms with Gasteiger partial charge >= 0.3 is 0 Å². The van der Waals surface area contributed by atoms with Gasteiger partial charge in [-0.25, -0.2) is 0 Å². The van der Waals surface area contributed by atoms with E-state index in [4.69, 9.17) is 47.4 Å². The fourth-order valence-electron chi connectivity index (χ4n) is 18.0. The zero-order chi connectivity index (χ0) is 57.3. The Morgan fingerprint density at radius 1 is 0.519 bits per heavy atom. The van der Waals surface area contributed by atoms with Gasteiger partial charge in [0.1, 0.15) is 97.7 Å². The van der Waals surface area contributed by atoms with Gasteiger partial charge in [0.15, 0.2) is 30.9 Å². The second-order valence-electron chi connectivity index (χ2n) is 26.3. The predicted octanol–water partition coefficient (Wildman–Crippen LogP) is -2.60. The van der Waals surface area contributed by atoms with Crippen molar-refractivity contribution in [1.82, 2.24) is 0 Å². The summed E-state index contributed by atoms with van der Waals surface area (Å²) in [6, 6.07) is 0. The topological polar surface area (TPSA) is 376 Å². The highest BCUT2D eigenvalue weighted by Gasteiger charge is 2.85. The molecule has 0 bridgehead atoms. The number of rotatable bonds is 16. The molecular weight excluding hydrogens is 1040 g/mol. The first kappa shape index (κ1) is 60.9. The third-order valence-electron chi connectivity index (χ3n) is 22.3. The van der Waals surface area contributed by atoms with Crippen molar-refractivity contribution in [3.8, 4) is 0 Å². The average molecular weight is 1140 g/mol. The molecule has 0 aromatic carbocycles. The summed E-state index contributed by atoms with van der Waals surface area (Å²) in [6.07, 6.45) is -22.9. The van der Waals surface area contributed by atoms with Gasteiger partial charge < -0.3 is 119 Å². The normalized spacial score (nSPS) is 56.0. The Bertz CT molecular complexity index is 2160. The monoisotopic (exact) mass is 1130 g/mol. The zero-order valence-corrected chi connectivity index (χ0v) is 46.3. The molecule has 24 heteroatoms. The summed E-state index contributed by atoms with van der Waals surface area (Å²) < 4.78 is 61.9. The van der Waals surface area contributed by atoms with Crippen LogP contribution in [0.3, 0.4) is 0 Å². The quantitative estimate of drug-likeness (QED) is 0.0557. The molecule has 5 saturated carbocycles. The van der Waals surface area contributed by atoms with E-state index in [1.54, 1.807) is 7.11 Å². The van der Waals surface area contributed by atoms with Gasteiger partial charge in [-0.3, -0.25) is 0 Å². The van der Waals surface area contributed by atoms with Gasteiger partial charge in [0.2, 0.25) is 0 Å². The first-order valence-electron chi connectivity index (χ1n) is 28.6. The van der Waals surface area contributed by atoms with Crippen molar-refractivity contribution in [2.45, 2.75) is 240 Å². The van der Waals surface area contributed by atoms with Gasteiger partial charge in [0.05, 0.1) is 45.2 Å². The molecule has 0 radical (unpaired) electrons. The first-order chi connectivity index (χ1) is 37.3. The van der Waals surface area contributed by atoms with Crippen molar-refractivity contribution in [2.24, 2.45) is 50.7 Å². The third-order valence-corrected chi connectivity index (χ3v) is 22.3.